The number of furan rings is 1. The van der Waals surface area contributed by atoms with E-state index in [0.717, 1.165) is 27.3 Å². The molecule has 3 aromatic heterocycles. The molecule has 0 spiro atoms. The average Bonchev–Trinajstić information content (AvgIpc) is 2.83. The van der Waals surface area contributed by atoms with E-state index >= 15 is 0 Å². The van der Waals surface area contributed by atoms with Gasteiger partial charge in [0.25, 0.3) is 0 Å². The number of fused-ring (bicyclic) bond motifs is 1. The molecule has 16 heavy (non-hydrogen) atoms. The third-order valence-electron chi connectivity index (χ3n) is 2.45. The predicted octanol–water partition coefficient (Wildman–Crippen LogP) is 3.67. The van der Waals surface area contributed by atoms with E-state index in [1.165, 1.54) is 0 Å². The summed E-state index contributed by atoms with van der Waals surface area (Å²) in [6.07, 6.45) is 3.80. The molecule has 0 saturated carbocycles. The maximum absolute atomic E-state index is 5.57. The predicted molar refractivity (Wildman–Crippen MR) is 65.3 cm³/mol. The van der Waals surface area contributed by atoms with Gasteiger partial charge in [0.1, 0.15) is 5.76 Å². The van der Waals surface area contributed by atoms with Crippen LogP contribution in [0.25, 0.3) is 17.1 Å². The molecule has 0 radical (unpaired) electrons. The lowest BCUT2D eigenvalue weighted by molar-refractivity contribution is 0.544. The Bertz CT molecular complexity index is 654. The molecule has 0 aliphatic carbocycles. The maximum atomic E-state index is 5.57. The van der Waals surface area contributed by atoms with Crippen LogP contribution in [0.4, 0.5) is 0 Å². The average molecular weight is 277 g/mol. The van der Waals surface area contributed by atoms with Crippen molar-refractivity contribution in [1.82, 2.24) is 9.38 Å². The van der Waals surface area contributed by atoms with Gasteiger partial charge in [-0.2, -0.15) is 0 Å². The minimum absolute atomic E-state index is 0.792. The second-order valence-corrected chi connectivity index (χ2v) is 4.55. The van der Waals surface area contributed by atoms with E-state index in [1.54, 1.807) is 0 Å². The Morgan fingerprint density at radius 2 is 2.19 bits per heavy atom. The van der Waals surface area contributed by atoms with Crippen molar-refractivity contribution >= 4 is 21.4 Å². The molecule has 0 amide bonds. The number of nitrogens with zero attached hydrogens (tertiary/aromatic N) is 2. The molecule has 0 aromatic carbocycles. The van der Waals surface area contributed by atoms with Crippen LogP contribution in [-0.4, -0.2) is 9.38 Å². The van der Waals surface area contributed by atoms with Gasteiger partial charge in [0.05, 0.1) is 11.7 Å². The molecule has 0 fully saturated rings. The third kappa shape index (κ3) is 1.46. The molecule has 3 rings (SSSR count). The molecule has 0 aliphatic heterocycles. The van der Waals surface area contributed by atoms with Crippen LogP contribution in [0.3, 0.4) is 0 Å². The lowest BCUT2D eigenvalue weighted by Crippen LogP contribution is -1.87. The van der Waals surface area contributed by atoms with Crippen molar-refractivity contribution in [2.24, 2.45) is 0 Å². The number of hydrogen-bond donors (Lipinski definition) is 0. The van der Waals surface area contributed by atoms with E-state index in [0.29, 0.717) is 0 Å². The van der Waals surface area contributed by atoms with Crippen LogP contribution in [0.1, 0.15) is 5.76 Å². The molecule has 3 heterocycles. The van der Waals surface area contributed by atoms with Crippen molar-refractivity contribution in [1.29, 1.82) is 0 Å². The van der Waals surface area contributed by atoms with Gasteiger partial charge in [0, 0.05) is 10.7 Å². The third-order valence-corrected chi connectivity index (χ3v) is 2.95. The molecule has 0 unspecified atom stereocenters. The first-order valence-corrected chi connectivity index (χ1v) is 5.73. The molecule has 0 N–H and O–H groups in total. The van der Waals surface area contributed by atoms with Gasteiger partial charge in [0.2, 0.25) is 0 Å². The number of imidazole rings is 1. The number of halogens is 1. The summed E-state index contributed by atoms with van der Waals surface area (Å²) in [6, 6.07) is 7.88. The van der Waals surface area contributed by atoms with Gasteiger partial charge in [0.15, 0.2) is 11.6 Å². The van der Waals surface area contributed by atoms with Gasteiger partial charge in [-0.05, 0) is 31.2 Å². The topological polar surface area (TPSA) is 30.4 Å². The van der Waals surface area contributed by atoms with Crippen LogP contribution in [-0.2, 0) is 0 Å². The summed E-state index contributed by atoms with van der Waals surface area (Å²) in [5.41, 5.74) is 1.04. The number of hydrogen-bond acceptors (Lipinski definition) is 2. The molecule has 4 heteroatoms. The summed E-state index contributed by atoms with van der Waals surface area (Å²) in [5, 5.41) is 0. The van der Waals surface area contributed by atoms with Crippen LogP contribution in [0, 0.1) is 6.92 Å². The number of aromatic nitrogens is 2. The Hall–Kier alpha value is -1.55. The highest BCUT2D eigenvalue weighted by molar-refractivity contribution is 9.10. The molecular formula is C12H9BrN2O. The van der Waals surface area contributed by atoms with E-state index in [4.69, 9.17) is 4.42 Å². The van der Waals surface area contributed by atoms with Crippen molar-refractivity contribution in [2.45, 2.75) is 6.92 Å². The first-order chi connectivity index (χ1) is 7.74. The Morgan fingerprint density at radius 1 is 1.31 bits per heavy atom. The summed E-state index contributed by atoms with van der Waals surface area (Å²) in [7, 11) is 0. The minimum atomic E-state index is 0.792. The van der Waals surface area contributed by atoms with Crippen LogP contribution in [0.15, 0.2) is 45.5 Å². The van der Waals surface area contributed by atoms with Gasteiger partial charge < -0.3 is 4.42 Å². The summed E-state index contributed by atoms with van der Waals surface area (Å²) < 4.78 is 8.62. The van der Waals surface area contributed by atoms with Gasteiger partial charge in [-0.15, -0.1) is 0 Å². The molecule has 80 valence electrons. The highest BCUT2D eigenvalue weighted by Crippen LogP contribution is 2.23. The fourth-order valence-electron chi connectivity index (χ4n) is 1.71. The van der Waals surface area contributed by atoms with Gasteiger partial charge in [-0.1, -0.05) is 15.9 Å². The number of pyridine rings is 1. The Labute approximate surface area is 101 Å². The molecule has 3 nitrogen and oxygen atoms in total. The van der Waals surface area contributed by atoms with Crippen molar-refractivity contribution in [3.63, 3.8) is 0 Å². The standard InChI is InChI=1S/C12H9BrN2O/c1-8-2-3-11(16-8)12-14-7-10-6-9(13)4-5-15(10)12/h2-7H,1H3. The molecular weight excluding hydrogens is 268 g/mol. The van der Waals surface area contributed by atoms with Gasteiger partial charge >= 0.3 is 0 Å². The lowest BCUT2D eigenvalue weighted by Gasteiger charge is -1.98. The maximum Gasteiger partial charge on any atom is 0.180 e. The van der Waals surface area contributed by atoms with E-state index < -0.39 is 0 Å². The summed E-state index contributed by atoms with van der Waals surface area (Å²) in [6.45, 7) is 1.93. The SMILES string of the molecule is Cc1ccc(-c2ncc3cc(Br)ccn23)o1. The summed E-state index contributed by atoms with van der Waals surface area (Å²) in [5.74, 6) is 2.51. The zero-order valence-electron chi connectivity index (χ0n) is 8.64. The Morgan fingerprint density at radius 3 is 2.94 bits per heavy atom. The van der Waals surface area contributed by atoms with E-state index in [1.807, 2.05) is 48.0 Å². The van der Waals surface area contributed by atoms with Crippen LogP contribution in [0.2, 0.25) is 0 Å². The fraction of sp³-hybridized carbons (Fsp3) is 0.0833. The highest BCUT2D eigenvalue weighted by atomic mass is 79.9. The van der Waals surface area contributed by atoms with Gasteiger partial charge in [-0.25, -0.2) is 4.98 Å². The zero-order valence-corrected chi connectivity index (χ0v) is 10.2. The second kappa shape index (κ2) is 3.49. The van der Waals surface area contributed by atoms with Crippen LogP contribution in [0.5, 0.6) is 0 Å². The van der Waals surface area contributed by atoms with E-state index in [-0.39, 0.29) is 0 Å². The van der Waals surface area contributed by atoms with Crippen molar-refractivity contribution in [3.05, 3.63) is 46.9 Å². The normalized spacial score (nSPS) is 11.1. The van der Waals surface area contributed by atoms with Crippen molar-refractivity contribution in [2.75, 3.05) is 0 Å². The van der Waals surface area contributed by atoms with Crippen molar-refractivity contribution in [3.8, 4) is 11.6 Å². The Balaban J connectivity index is 2.25. The number of aryl methyl sites for hydroxylation is 1. The smallest absolute Gasteiger partial charge is 0.180 e. The quantitative estimate of drug-likeness (QED) is 0.679. The highest BCUT2D eigenvalue weighted by Gasteiger charge is 2.09. The first kappa shape index (κ1) is 9.66. The molecule has 0 atom stereocenters. The lowest BCUT2D eigenvalue weighted by atomic mass is 10.4. The minimum Gasteiger partial charge on any atom is -0.458 e. The molecule has 3 aromatic rings. The van der Waals surface area contributed by atoms with Gasteiger partial charge in [-0.3, -0.25) is 4.40 Å². The fourth-order valence-corrected chi connectivity index (χ4v) is 2.06. The zero-order chi connectivity index (χ0) is 11.1. The molecule has 0 saturated heterocycles. The molecule has 0 bridgehead atoms. The van der Waals surface area contributed by atoms with Crippen molar-refractivity contribution < 1.29 is 4.42 Å². The molecule has 0 aliphatic rings. The van der Waals surface area contributed by atoms with E-state index in [9.17, 15) is 0 Å². The first-order valence-electron chi connectivity index (χ1n) is 4.93. The van der Waals surface area contributed by atoms with Crippen LogP contribution >= 0.6 is 15.9 Å². The summed E-state index contributed by atoms with van der Waals surface area (Å²) in [4.78, 5) is 4.37. The second-order valence-electron chi connectivity index (χ2n) is 3.63. The monoisotopic (exact) mass is 276 g/mol. The van der Waals surface area contributed by atoms with Crippen LogP contribution < -0.4 is 0 Å². The Kier molecular flexibility index (Phi) is 2.11. The summed E-state index contributed by atoms with van der Waals surface area (Å²) >= 11 is 3.44. The number of rotatable bonds is 1. The van der Waals surface area contributed by atoms with E-state index in [2.05, 4.69) is 20.9 Å². The largest absolute Gasteiger partial charge is 0.458 e.